The highest BCUT2D eigenvalue weighted by Gasteiger charge is 2.10. The van der Waals surface area contributed by atoms with Crippen LogP contribution in [0.1, 0.15) is 18.7 Å². The molecule has 0 radical (unpaired) electrons. The number of nitrogens with two attached hydrogens (primary N) is 1. The van der Waals surface area contributed by atoms with Gasteiger partial charge in [-0.05, 0) is 6.92 Å². The Hall–Kier alpha value is -0.940. The Labute approximate surface area is 71.5 Å². The van der Waals surface area contributed by atoms with Crippen LogP contribution in [-0.2, 0) is 11.3 Å². The van der Waals surface area contributed by atoms with Crippen LogP contribution in [0, 0.1) is 0 Å². The fourth-order valence-electron chi connectivity index (χ4n) is 1.06. The first-order chi connectivity index (χ1) is 5.79. The normalized spacial score (nSPS) is 13.2. The molecule has 1 aromatic heterocycles. The largest absolute Gasteiger partial charge is 0.383 e. The maximum Gasteiger partial charge on any atom is 0.0777 e. The third kappa shape index (κ3) is 1.80. The van der Waals surface area contributed by atoms with Crippen LogP contribution in [0.15, 0.2) is 6.20 Å². The molecule has 2 N–H and O–H groups in total. The van der Waals surface area contributed by atoms with Gasteiger partial charge in [-0.1, -0.05) is 5.21 Å². The highest BCUT2D eigenvalue weighted by molar-refractivity contribution is 5.00. The summed E-state index contributed by atoms with van der Waals surface area (Å²) in [6.45, 7) is 3.28. The first-order valence-corrected chi connectivity index (χ1v) is 3.92. The molecule has 0 saturated carbocycles. The Balaban J connectivity index is 2.71. The second kappa shape index (κ2) is 4.18. The van der Waals surface area contributed by atoms with Crippen LogP contribution in [0.3, 0.4) is 0 Å². The van der Waals surface area contributed by atoms with Crippen LogP contribution in [0.4, 0.5) is 0 Å². The van der Waals surface area contributed by atoms with E-state index >= 15 is 0 Å². The zero-order valence-electron chi connectivity index (χ0n) is 7.40. The number of aromatic nitrogens is 3. The van der Waals surface area contributed by atoms with Crippen LogP contribution in [-0.4, -0.2) is 28.7 Å². The van der Waals surface area contributed by atoms with Crippen molar-refractivity contribution >= 4 is 0 Å². The lowest BCUT2D eigenvalue weighted by atomic mass is 10.2. The highest BCUT2D eigenvalue weighted by Crippen LogP contribution is 2.07. The van der Waals surface area contributed by atoms with Gasteiger partial charge in [-0.25, -0.2) is 4.68 Å². The van der Waals surface area contributed by atoms with Crippen molar-refractivity contribution in [1.29, 1.82) is 0 Å². The molecule has 0 bridgehead atoms. The Morgan fingerprint density at radius 1 is 1.75 bits per heavy atom. The lowest BCUT2D eigenvalue weighted by molar-refractivity contribution is 0.178. The fourth-order valence-corrected chi connectivity index (χ4v) is 1.06. The molecular weight excluding hydrogens is 156 g/mol. The molecule has 1 atom stereocenters. The van der Waals surface area contributed by atoms with Crippen molar-refractivity contribution in [3.63, 3.8) is 0 Å². The molecule has 0 spiro atoms. The molecule has 0 aliphatic heterocycles. The quantitative estimate of drug-likeness (QED) is 0.687. The van der Waals surface area contributed by atoms with Crippen molar-refractivity contribution in [3.8, 4) is 0 Å². The van der Waals surface area contributed by atoms with Crippen LogP contribution in [0.25, 0.3) is 0 Å². The second-order valence-corrected chi connectivity index (χ2v) is 2.54. The van der Waals surface area contributed by atoms with Gasteiger partial charge in [0.2, 0.25) is 0 Å². The SMILES string of the molecule is CCn1nncc1[C@H](N)COC. The first kappa shape index (κ1) is 9.15. The maximum absolute atomic E-state index is 5.80. The van der Waals surface area contributed by atoms with E-state index in [1.807, 2.05) is 6.92 Å². The van der Waals surface area contributed by atoms with Crippen LogP contribution >= 0.6 is 0 Å². The number of rotatable bonds is 4. The Bertz CT molecular complexity index is 235. The summed E-state index contributed by atoms with van der Waals surface area (Å²) in [5.41, 5.74) is 6.72. The van der Waals surface area contributed by atoms with Crippen molar-refractivity contribution in [2.75, 3.05) is 13.7 Å². The van der Waals surface area contributed by atoms with E-state index < -0.39 is 0 Å². The Kier molecular flexibility index (Phi) is 3.19. The average Bonchev–Trinajstić information content (AvgIpc) is 2.51. The molecule has 1 rings (SSSR count). The molecule has 1 heterocycles. The molecule has 68 valence electrons. The topological polar surface area (TPSA) is 66.0 Å². The van der Waals surface area contributed by atoms with Crippen molar-refractivity contribution in [2.45, 2.75) is 19.5 Å². The molecule has 0 aromatic carbocycles. The van der Waals surface area contributed by atoms with Crippen LogP contribution in [0.5, 0.6) is 0 Å². The summed E-state index contributed by atoms with van der Waals surface area (Å²) in [4.78, 5) is 0. The van der Waals surface area contributed by atoms with Crippen molar-refractivity contribution in [2.24, 2.45) is 5.73 Å². The van der Waals surface area contributed by atoms with Gasteiger partial charge in [-0.3, -0.25) is 0 Å². The molecular formula is C7H14N4O. The summed E-state index contributed by atoms with van der Waals surface area (Å²) >= 11 is 0. The predicted octanol–water partition coefficient (Wildman–Crippen LogP) is -0.0558. The lowest BCUT2D eigenvalue weighted by Crippen LogP contribution is -2.20. The standard InChI is InChI=1S/C7H14N4O/c1-3-11-7(4-9-10-11)6(8)5-12-2/h4,6H,3,5,8H2,1-2H3/t6-/m1/s1. The molecule has 0 aliphatic rings. The van der Waals surface area contributed by atoms with Gasteiger partial charge in [0.1, 0.15) is 0 Å². The van der Waals surface area contributed by atoms with E-state index in [0.29, 0.717) is 6.61 Å². The minimum absolute atomic E-state index is 0.134. The van der Waals surface area contributed by atoms with Crippen molar-refractivity contribution < 1.29 is 4.74 Å². The van der Waals surface area contributed by atoms with E-state index in [0.717, 1.165) is 12.2 Å². The predicted molar refractivity (Wildman–Crippen MR) is 44.5 cm³/mol. The van der Waals surface area contributed by atoms with Crippen molar-refractivity contribution in [3.05, 3.63) is 11.9 Å². The van der Waals surface area contributed by atoms with E-state index in [1.54, 1.807) is 18.0 Å². The van der Waals surface area contributed by atoms with E-state index in [-0.39, 0.29) is 6.04 Å². The van der Waals surface area contributed by atoms with Gasteiger partial charge in [-0.15, -0.1) is 5.10 Å². The summed E-state index contributed by atoms with van der Waals surface area (Å²) in [6, 6.07) is -0.134. The van der Waals surface area contributed by atoms with Gasteiger partial charge < -0.3 is 10.5 Å². The number of methoxy groups -OCH3 is 1. The monoisotopic (exact) mass is 170 g/mol. The summed E-state index contributed by atoms with van der Waals surface area (Å²) in [5, 5.41) is 7.64. The first-order valence-electron chi connectivity index (χ1n) is 3.92. The Morgan fingerprint density at radius 2 is 2.50 bits per heavy atom. The van der Waals surface area contributed by atoms with Gasteiger partial charge >= 0.3 is 0 Å². The van der Waals surface area contributed by atoms with Crippen LogP contribution < -0.4 is 5.73 Å². The van der Waals surface area contributed by atoms with Gasteiger partial charge in [0.25, 0.3) is 0 Å². The fraction of sp³-hybridized carbons (Fsp3) is 0.714. The number of hydrogen-bond acceptors (Lipinski definition) is 4. The number of aryl methyl sites for hydroxylation is 1. The number of ether oxygens (including phenoxy) is 1. The van der Waals surface area contributed by atoms with Gasteiger partial charge in [-0.2, -0.15) is 0 Å². The van der Waals surface area contributed by atoms with E-state index in [9.17, 15) is 0 Å². The average molecular weight is 170 g/mol. The molecule has 5 heteroatoms. The lowest BCUT2D eigenvalue weighted by Gasteiger charge is -2.10. The second-order valence-electron chi connectivity index (χ2n) is 2.54. The minimum Gasteiger partial charge on any atom is -0.383 e. The highest BCUT2D eigenvalue weighted by atomic mass is 16.5. The van der Waals surface area contributed by atoms with Crippen LogP contribution in [0.2, 0.25) is 0 Å². The molecule has 0 amide bonds. The smallest absolute Gasteiger partial charge is 0.0777 e. The zero-order valence-corrected chi connectivity index (χ0v) is 7.40. The third-order valence-corrected chi connectivity index (χ3v) is 1.67. The molecule has 0 aliphatic carbocycles. The summed E-state index contributed by atoms with van der Waals surface area (Å²) < 4.78 is 6.70. The maximum atomic E-state index is 5.80. The number of hydrogen-bond donors (Lipinski definition) is 1. The van der Waals surface area contributed by atoms with E-state index in [2.05, 4.69) is 10.3 Å². The van der Waals surface area contributed by atoms with Gasteiger partial charge in [0.15, 0.2) is 0 Å². The number of nitrogens with zero attached hydrogens (tertiary/aromatic N) is 3. The molecule has 5 nitrogen and oxygen atoms in total. The summed E-state index contributed by atoms with van der Waals surface area (Å²) in [5.74, 6) is 0. The van der Waals surface area contributed by atoms with E-state index in [4.69, 9.17) is 10.5 Å². The molecule has 1 aromatic rings. The van der Waals surface area contributed by atoms with Gasteiger partial charge in [0, 0.05) is 13.7 Å². The summed E-state index contributed by atoms with van der Waals surface area (Å²) in [7, 11) is 1.62. The molecule has 0 fully saturated rings. The zero-order chi connectivity index (χ0) is 8.97. The minimum atomic E-state index is -0.134. The molecule has 0 unspecified atom stereocenters. The molecule has 0 saturated heterocycles. The van der Waals surface area contributed by atoms with Gasteiger partial charge in [0.05, 0.1) is 24.5 Å². The Morgan fingerprint density at radius 3 is 3.08 bits per heavy atom. The summed E-state index contributed by atoms with van der Waals surface area (Å²) in [6.07, 6.45) is 1.67. The third-order valence-electron chi connectivity index (χ3n) is 1.67. The van der Waals surface area contributed by atoms with Crippen molar-refractivity contribution in [1.82, 2.24) is 15.0 Å². The van der Waals surface area contributed by atoms with E-state index in [1.165, 1.54) is 0 Å². The molecule has 12 heavy (non-hydrogen) atoms.